The lowest BCUT2D eigenvalue weighted by Gasteiger charge is -2.37. The quantitative estimate of drug-likeness (QED) is 0.284. The number of amides is 1. The van der Waals surface area contributed by atoms with Crippen LogP contribution in [0.2, 0.25) is 10.0 Å². The summed E-state index contributed by atoms with van der Waals surface area (Å²) in [5.74, 6) is -3.83. The number of halogens is 4. The Hall–Kier alpha value is -3.51. The molecule has 0 aromatic heterocycles. The molecule has 1 amide bonds. The molecule has 0 radical (unpaired) electrons. The molecule has 1 aliphatic heterocycles. The number of hydrogen-bond donors (Lipinski definition) is 2. The fraction of sp³-hybridized carbons (Fsp3) is 0.344. The first kappa shape index (κ1) is 31.4. The zero-order chi connectivity index (χ0) is 31.0. The van der Waals surface area contributed by atoms with Crippen molar-refractivity contribution in [2.24, 2.45) is 5.41 Å². The Morgan fingerprint density at radius 1 is 1.12 bits per heavy atom. The average molecular weight is 615 g/mol. The summed E-state index contributed by atoms with van der Waals surface area (Å²) in [6.07, 6.45) is 0.345. The molecule has 6 nitrogen and oxygen atoms in total. The Morgan fingerprint density at radius 2 is 1.83 bits per heavy atom. The molecule has 10 heteroatoms. The normalized spacial score (nSPS) is 22.0. The monoisotopic (exact) mass is 613 g/mol. The number of nitrogens with zero attached hydrogens (tertiary/aromatic N) is 1. The standard InChI is InChI=1S/C32H31Cl2F2N3O3/c1-17-13-19(10-11-20(17)30(41)42-5)38-29(40)28-26(21-7-6-8-23(34)27(21)36)32(16-37,25(39-28)15-31(2,3)4)22-12-9-18(33)14-24(22)35/h6-14,25-26,28,39H,15H2,1-5H3,(H,38,40)/t25-,26?,28+,32-/m0/s1. The van der Waals surface area contributed by atoms with Gasteiger partial charge in [-0.05, 0) is 66.3 Å². The number of carbonyl (C=O) groups excluding carboxylic acids is 2. The third-order valence-corrected chi connectivity index (χ3v) is 8.16. The number of ether oxygens (including phenoxy) is 1. The second-order valence-corrected chi connectivity index (χ2v) is 12.5. The zero-order valence-corrected chi connectivity index (χ0v) is 25.3. The van der Waals surface area contributed by atoms with Crippen LogP contribution < -0.4 is 10.6 Å². The molecule has 3 aromatic rings. The number of methoxy groups -OCH3 is 1. The number of esters is 1. The minimum Gasteiger partial charge on any atom is -0.465 e. The van der Waals surface area contributed by atoms with Crippen LogP contribution in [0.15, 0.2) is 54.6 Å². The summed E-state index contributed by atoms with van der Waals surface area (Å²) in [5, 5.41) is 17.0. The molecule has 1 unspecified atom stereocenters. The molecule has 0 bridgehead atoms. The summed E-state index contributed by atoms with van der Waals surface area (Å²) in [4.78, 5) is 26.1. The Bertz CT molecular complexity index is 1580. The first-order valence-corrected chi connectivity index (χ1v) is 14.1. The minimum atomic E-state index is -1.74. The van der Waals surface area contributed by atoms with E-state index in [1.807, 2.05) is 20.8 Å². The van der Waals surface area contributed by atoms with Gasteiger partial charge in [0, 0.05) is 28.2 Å². The molecular weight excluding hydrogens is 583 g/mol. The number of aryl methyl sites for hydroxylation is 1. The number of nitriles is 1. The lowest BCUT2D eigenvalue weighted by Crippen LogP contribution is -2.45. The molecule has 3 aromatic carbocycles. The third kappa shape index (κ3) is 5.87. The summed E-state index contributed by atoms with van der Waals surface area (Å²) in [6.45, 7) is 7.58. The highest BCUT2D eigenvalue weighted by atomic mass is 35.5. The maximum atomic E-state index is 15.8. The van der Waals surface area contributed by atoms with E-state index in [0.717, 1.165) is 6.07 Å². The maximum Gasteiger partial charge on any atom is 0.338 e. The highest BCUT2D eigenvalue weighted by Gasteiger charge is 2.61. The average Bonchev–Trinajstić information content (AvgIpc) is 3.23. The maximum absolute atomic E-state index is 15.8. The molecule has 1 saturated heterocycles. The van der Waals surface area contributed by atoms with Gasteiger partial charge in [0.05, 0.1) is 29.8 Å². The van der Waals surface area contributed by atoms with E-state index in [9.17, 15) is 14.9 Å². The van der Waals surface area contributed by atoms with Crippen LogP contribution in [0.5, 0.6) is 0 Å². The first-order chi connectivity index (χ1) is 19.7. The molecule has 42 heavy (non-hydrogen) atoms. The van der Waals surface area contributed by atoms with Gasteiger partial charge in [0.1, 0.15) is 17.0 Å². The second kappa shape index (κ2) is 12.0. The van der Waals surface area contributed by atoms with Gasteiger partial charge < -0.3 is 15.4 Å². The fourth-order valence-corrected chi connectivity index (χ4v) is 6.20. The lowest BCUT2D eigenvalue weighted by atomic mass is 9.62. The van der Waals surface area contributed by atoms with Crippen molar-refractivity contribution in [2.45, 2.75) is 57.5 Å². The van der Waals surface area contributed by atoms with E-state index < -0.39 is 46.9 Å². The van der Waals surface area contributed by atoms with Crippen molar-refractivity contribution in [3.8, 4) is 6.07 Å². The van der Waals surface area contributed by atoms with Gasteiger partial charge in [-0.1, -0.05) is 62.2 Å². The highest BCUT2D eigenvalue weighted by Crippen LogP contribution is 2.52. The molecule has 1 fully saturated rings. The number of hydrogen-bond acceptors (Lipinski definition) is 5. The SMILES string of the molecule is COC(=O)c1ccc(NC(=O)[C@@H]2N[C@@H](CC(C)(C)C)[C@](C#N)(c3ccc(Cl)cc3F)C2c2cccc(Cl)c2F)cc1C. The van der Waals surface area contributed by atoms with Gasteiger partial charge in [0.2, 0.25) is 5.91 Å². The number of benzene rings is 3. The van der Waals surface area contributed by atoms with Crippen molar-refractivity contribution >= 4 is 40.8 Å². The fourth-order valence-electron chi connectivity index (χ4n) is 5.86. The Kier molecular flexibility index (Phi) is 8.98. The molecule has 4 rings (SSSR count). The first-order valence-electron chi connectivity index (χ1n) is 13.3. The van der Waals surface area contributed by atoms with Crippen molar-refractivity contribution < 1.29 is 23.1 Å². The summed E-state index contributed by atoms with van der Waals surface area (Å²) < 4.78 is 36.3. The Balaban J connectivity index is 1.91. The van der Waals surface area contributed by atoms with Gasteiger partial charge in [-0.2, -0.15) is 5.26 Å². The van der Waals surface area contributed by atoms with E-state index in [1.165, 1.54) is 43.5 Å². The highest BCUT2D eigenvalue weighted by molar-refractivity contribution is 6.31. The van der Waals surface area contributed by atoms with Gasteiger partial charge in [-0.15, -0.1) is 0 Å². The molecule has 1 heterocycles. The summed E-state index contributed by atoms with van der Waals surface area (Å²) in [7, 11) is 1.28. The molecular formula is C32H31Cl2F2N3O3. The predicted octanol–water partition coefficient (Wildman–Crippen LogP) is 7.33. The molecule has 0 spiro atoms. The second-order valence-electron chi connectivity index (χ2n) is 11.7. The van der Waals surface area contributed by atoms with Gasteiger partial charge in [0.15, 0.2) is 0 Å². The van der Waals surface area contributed by atoms with Gasteiger partial charge in [-0.3, -0.25) is 4.79 Å². The van der Waals surface area contributed by atoms with E-state index >= 15 is 8.78 Å². The van der Waals surface area contributed by atoms with Gasteiger partial charge in [0.25, 0.3) is 0 Å². The van der Waals surface area contributed by atoms with Crippen molar-refractivity contribution in [1.29, 1.82) is 5.26 Å². The van der Waals surface area contributed by atoms with Crippen molar-refractivity contribution in [3.63, 3.8) is 0 Å². The van der Waals surface area contributed by atoms with Crippen molar-refractivity contribution in [2.75, 3.05) is 12.4 Å². The largest absolute Gasteiger partial charge is 0.465 e. The topological polar surface area (TPSA) is 91.2 Å². The van der Waals surface area contributed by atoms with E-state index in [-0.39, 0.29) is 26.6 Å². The van der Waals surface area contributed by atoms with E-state index in [0.29, 0.717) is 23.2 Å². The molecule has 4 atom stereocenters. The molecule has 0 aliphatic carbocycles. The minimum absolute atomic E-state index is 0.000297. The Labute approximate surface area is 254 Å². The van der Waals surface area contributed by atoms with Crippen LogP contribution in [0, 0.1) is 35.3 Å². The smallest absolute Gasteiger partial charge is 0.338 e. The number of carbonyl (C=O) groups is 2. The van der Waals surface area contributed by atoms with Crippen LogP contribution in [0.4, 0.5) is 14.5 Å². The van der Waals surface area contributed by atoms with Crippen molar-refractivity contribution in [3.05, 3.63) is 98.5 Å². The number of anilines is 1. The zero-order valence-electron chi connectivity index (χ0n) is 23.8. The summed E-state index contributed by atoms with van der Waals surface area (Å²) in [5.41, 5.74) is -0.838. The van der Waals surface area contributed by atoms with Gasteiger partial charge in [-0.25, -0.2) is 13.6 Å². The molecule has 220 valence electrons. The van der Waals surface area contributed by atoms with E-state index in [2.05, 4.69) is 16.7 Å². The van der Waals surface area contributed by atoms with Crippen LogP contribution in [0.3, 0.4) is 0 Å². The lowest BCUT2D eigenvalue weighted by molar-refractivity contribution is -0.118. The van der Waals surface area contributed by atoms with Crippen molar-refractivity contribution in [1.82, 2.24) is 5.32 Å². The summed E-state index contributed by atoms with van der Waals surface area (Å²) in [6, 6.07) is 13.4. The number of rotatable bonds is 6. The van der Waals surface area contributed by atoms with Gasteiger partial charge >= 0.3 is 5.97 Å². The van der Waals surface area contributed by atoms with Crippen LogP contribution in [-0.4, -0.2) is 31.1 Å². The molecule has 2 N–H and O–H groups in total. The Morgan fingerprint density at radius 3 is 2.43 bits per heavy atom. The number of nitrogens with one attached hydrogen (secondary N) is 2. The third-order valence-electron chi connectivity index (χ3n) is 7.63. The van der Waals surface area contributed by atoms with Crippen LogP contribution in [-0.2, 0) is 14.9 Å². The van der Waals surface area contributed by atoms with Crippen LogP contribution >= 0.6 is 23.2 Å². The molecule has 1 aliphatic rings. The van der Waals surface area contributed by atoms with E-state index in [4.69, 9.17) is 27.9 Å². The summed E-state index contributed by atoms with van der Waals surface area (Å²) >= 11 is 12.3. The predicted molar refractivity (Wildman–Crippen MR) is 159 cm³/mol. The van der Waals surface area contributed by atoms with Crippen LogP contribution in [0.1, 0.15) is 60.2 Å². The van der Waals surface area contributed by atoms with Crippen LogP contribution in [0.25, 0.3) is 0 Å². The molecule has 0 saturated carbocycles. The van der Waals surface area contributed by atoms with E-state index in [1.54, 1.807) is 19.1 Å².